The molecule has 0 atom stereocenters. The molecule has 0 radical (unpaired) electrons. The van der Waals surface area contributed by atoms with Crippen molar-refractivity contribution < 1.29 is 13.2 Å². The number of hydrogen-bond donors (Lipinski definition) is 2. The van der Waals surface area contributed by atoms with Crippen LogP contribution < -0.4 is 10.0 Å². The van der Waals surface area contributed by atoms with Gasteiger partial charge in [-0.15, -0.1) is 0 Å². The van der Waals surface area contributed by atoms with E-state index in [1.54, 1.807) is 24.3 Å². The van der Waals surface area contributed by atoms with Crippen molar-refractivity contribution in [3.8, 4) is 0 Å². The Morgan fingerprint density at radius 2 is 1.65 bits per heavy atom. The van der Waals surface area contributed by atoms with Crippen LogP contribution in [0.3, 0.4) is 0 Å². The van der Waals surface area contributed by atoms with E-state index < -0.39 is 10.0 Å². The first kappa shape index (κ1) is 19.6. The lowest BCUT2D eigenvalue weighted by Crippen LogP contribution is -2.40. The Hall–Kier alpha value is -1.40. The van der Waals surface area contributed by atoms with Crippen molar-refractivity contribution in [2.45, 2.75) is 63.8 Å². The third-order valence-corrected chi connectivity index (χ3v) is 4.70. The van der Waals surface area contributed by atoms with Gasteiger partial charge in [-0.3, -0.25) is 4.79 Å². The fraction of sp³-hybridized carbons (Fsp3) is 0.588. The van der Waals surface area contributed by atoms with Gasteiger partial charge in [0.05, 0.1) is 4.90 Å². The van der Waals surface area contributed by atoms with Crippen molar-refractivity contribution in [2.75, 3.05) is 6.54 Å². The molecule has 130 valence electrons. The summed E-state index contributed by atoms with van der Waals surface area (Å²) >= 11 is 0. The molecule has 0 aliphatic rings. The zero-order chi connectivity index (χ0) is 17.5. The van der Waals surface area contributed by atoms with E-state index in [2.05, 4.69) is 10.0 Å². The first-order valence-electron chi connectivity index (χ1n) is 7.97. The van der Waals surface area contributed by atoms with Gasteiger partial charge in [0.15, 0.2) is 0 Å². The Labute approximate surface area is 139 Å². The molecule has 1 aromatic carbocycles. The van der Waals surface area contributed by atoms with Crippen LogP contribution in [0.15, 0.2) is 29.2 Å². The zero-order valence-electron chi connectivity index (χ0n) is 14.5. The summed E-state index contributed by atoms with van der Waals surface area (Å²) in [6, 6.07) is 6.77. The molecule has 23 heavy (non-hydrogen) atoms. The average Bonchev–Trinajstić information content (AvgIpc) is 2.41. The van der Waals surface area contributed by atoms with Crippen molar-refractivity contribution in [1.82, 2.24) is 10.0 Å². The molecule has 1 amide bonds. The van der Waals surface area contributed by atoms with Crippen molar-refractivity contribution in [3.05, 3.63) is 29.8 Å². The van der Waals surface area contributed by atoms with Crippen molar-refractivity contribution in [2.24, 2.45) is 0 Å². The van der Waals surface area contributed by atoms with Crippen LogP contribution in [0, 0.1) is 6.92 Å². The summed E-state index contributed by atoms with van der Waals surface area (Å²) < 4.78 is 26.7. The average molecular weight is 340 g/mol. The number of unbranched alkanes of at least 4 members (excludes halogenated alkanes) is 2. The summed E-state index contributed by atoms with van der Waals surface area (Å²) in [5.74, 6) is 0.0396. The highest BCUT2D eigenvalue weighted by Gasteiger charge is 2.14. The summed E-state index contributed by atoms with van der Waals surface area (Å²) in [6.07, 6.45) is 2.76. The van der Waals surface area contributed by atoms with Crippen LogP contribution >= 0.6 is 0 Å². The predicted molar refractivity (Wildman–Crippen MR) is 92.7 cm³/mol. The number of carbonyl (C=O) groups excluding carboxylic acids is 1. The third-order valence-electron chi connectivity index (χ3n) is 3.22. The SMILES string of the molecule is Cc1ccc(S(=O)(=O)NCCCCCC(=O)NC(C)(C)C)cc1. The summed E-state index contributed by atoms with van der Waals surface area (Å²) in [6.45, 7) is 8.15. The Morgan fingerprint density at radius 1 is 1.04 bits per heavy atom. The molecule has 0 saturated carbocycles. The molecule has 0 fully saturated rings. The van der Waals surface area contributed by atoms with Crippen LogP contribution in [-0.4, -0.2) is 26.4 Å². The predicted octanol–water partition coefficient (Wildman–Crippen LogP) is 2.75. The van der Waals surface area contributed by atoms with Crippen LogP contribution in [0.25, 0.3) is 0 Å². The minimum absolute atomic E-state index is 0.0396. The summed E-state index contributed by atoms with van der Waals surface area (Å²) in [5, 5.41) is 2.91. The van der Waals surface area contributed by atoms with Gasteiger partial charge in [0.1, 0.15) is 0 Å². The second-order valence-corrected chi connectivity index (χ2v) is 8.59. The molecule has 6 heteroatoms. The number of amides is 1. The van der Waals surface area contributed by atoms with Gasteiger partial charge < -0.3 is 5.32 Å². The lowest BCUT2D eigenvalue weighted by atomic mass is 10.1. The van der Waals surface area contributed by atoms with Gasteiger partial charge >= 0.3 is 0 Å². The van der Waals surface area contributed by atoms with Crippen LogP contribution in [0.1, 0.15) is 52.0 Å². The lowest BCUT2D eigenvalue weighted by molar-refractivity contribution is -0.122. The molecule has 5 nitrogen and oxygen atoms in total. The molecule has 0 unspecified atom stereocenters. The van der Waals surface area contributed by atoms with E-state index in [0.29, 0.717) is 19.4 Å². The fourth-order valence-corrected chi connectivity index (χ4v) is 3.15. The Bertz CT molecular complexity index is 602. The number of sulfonamides is 1. The maximum absolute atomic E-state index is 12.1. The molecule has 0 saturated heterocycles. The number of hydrogen-bond acceptors (Lipinski definition) is 3. The van der Waals surface area contributed by atoms with E-state index in [1.165, 1.54) is 0 Å². The second kappa shape index (κ2) is 8.45. The van der Waals surface area contributed by atoms with E-state index in [-0.39, 0.29) is 16.3 Å². The Kier molecular flexibility index (Phi) is 7.22. The lowest BCUT2D eigenvalue weighted by Gasteiger charge is -2.20. The monoisotopic (exact) mass is 340 g/mol. The highest BCUT2D eigenvalue weighted by molar-refractivity contribution is 7.89. The van der Waals surface area contributed by atoms with E-state index in [9.17, 15) is 13.2 Å². The summed E-state index contributed by atoms with van der Waals surface area (Å²) in [5.41, 5.74) is 0.818. The van der Waals surface area contributed by atoms with Crippen LogP contribution in [-0.2, 0) is 14.8 Å². The first-order chi connectivity index (χ1) is 10.6. The van der Waals surface area contributed by atoms with Gasteiger partial charge in [-0.2, -0.15) is 0 Å². The first-order valence-corrected chi connectivity index (χ1v) is 9.46. The molecular formula is C17H28N2O3S. The maximum Gasteiger partial charge on any atom is 0.240 e. The number of nitrogens with one attached hydrogen (secondary N) is 2. The molecule has 0 heterocycles. The Balaban J connectivity index is 2.24. The number of rotatable bonds is 8. The van der Waals surface area contributed by atoms with E-state index in [4.69, 9.17) is 0 Å². The molecule has 0 aliphatic heterocycles. The topological polar surface area (TPSA) is 75.3 Å². The zero-order valence-corrected chi connectivity index (χ0v) is 15.3. The van der Waals surface area contributed by atoms with Gasteiger partial charge in [0.25, 0.3) is 0 Å². The quantitative estimate of drug-likeness (QED) is 0.715. The van der Waals surface area contributed by atoms with Gasteiger partial charge in [-0.05, 0) is 52.7 Å². The molecule has 0 bridgehead atoms. The molecule has 0 spiro atoms. The third kappa shape index (κ3) is 8.13. The normalized spacial score (nSPS) is 12.2. The smallest absolute Gasteiger partial charge is 0.240 e. The molecular weight excluding hydrogens is 312 g/mol. The molecule has 0 aliphatic carbocycles. The van der Waals surface area contributed by atoms with Gasteiger partial charge in [0.2, 0.25) is 15.9 Å². The molecule has 2 N–H and O–H groups in total. The summed E-state index contributed by atoms with van der Waals surface area (Å²) in [4.78, 5) is 11.9. The standard InChI is InChI=1S/C17H28N2O3S/c1-14-9-11-15(12-10-14)23(21,22)18-13-7-5-6-8-16(20)19-17(2,3)4/h9-12,18H,5-8,13H2,1-4H3,(H,19,20). The van der Waals surface area contributed by atoms with E-state index in [1.807, 2.05) is 27.7 Å². The molecule has 0 aromatic heterocycles. The van der Waals surface area contributed by atoms with Crippen molar-refractivity contribution in [1.29, 1.82) is 0 Å². The molecule has 1 rings (SSSR count). The Morgan fingerprint density at radius 3 is 2.22 bits per heavy atom. The maximum atomic E-state index is 12.1. The van der Waals surface area contributed by atoms with E-state index in [0.717, 1.165) is 18.4 Å². The van der Waals surface area contributed by atoms with Crippen molar-refractivity contribution in [3.63, 3.8) is 0 Å². The second-order valence-electron chi connectivity index (χ2n) is 6.82. The highest BCUT2D eigenvalue weighted by Crippen LogP contribution is 2.10. The van der Waals surface area contributed by atoms with Gasteiger partial charge in [0, 0.05) is 18.5 Å². The van der Waals surface area contributed by atoms with Crippen LogP contribution in [0.4, 0.5) is 0 Å². The minimum Gasteiger partial charge on any atom is -0.352 e. The van der Waals surface area contributed by atoms with Crippen LogP contribution in [0.5, 0.6) is 0 Å². The van der Waals surface area contributed by atoms with Gasteiger partial charge in [-0.25, -0.2) is 13.1 Å². The highest BCUT2D eigenvalue weighted by atomic mass is 32.2. The summed E-state index contributed by atoms with van der Waals surface area (Å²) in [7, 11) is -3.43. The van der Waals surface area contributed by atoms with Gasteiger partial charge in [-0.1, -0.05) is 24.1 Å². The number of aryl methyl sites for hydroxylation is 1. The van der Waals surface area contributed by atoms with E-state index >= 15 is 0 Å². The fourth-order valence-electron chi connectivity index (χ4n) is 2.08. The van der Waals surface area contributed by atoms with Crippen molar-refractivity contribution >= 4 is 15.9 Å². The largest absolute Gasteiger partial charge is 0.352 e. The minimum atomic E-state index is -3.43. The number of benzene rings is 1. The van der Waals surface area contributed by atoms with Crippen LogP contribution in [0.2, 0.25) is 0 Å². The number of carbonyl (C=O) groups is 1. The molecule has 1 aromatic rings.